The first-order valence-electron chi connectivity index (χ1n) is 5.74. The summed E-state index contributed by atoms with van der Waals surface area (Å²) in [4.78, 5) is 0. The predicted molar refractivity (Wildman–Crippen MR) is 60.8 cm³/mol. The molecule has 2 nitrogen and oxygen atoms in total. The highest BCUT2D eigenvalue weighted by Crippen LogP contribution is 2.29. The van der Waals surface area contributed by atoms with Crippen molar-refractivity contribution in [3.8, 4) is 0 Å². The predicted octanol–water partition coefficient (Wildman–Crippen LogP) is 3.39. The number of benzene rings is 1. The highest BCUT2D eigenvalue weighted by molar-refractivity contribution is 5.78. The molecule has 2 heterocycles. The zero-order valence-corrected chi connectivity index (χ0v) is 9.00. The molecule has 1 unspecified atom stereocenters. The fourth-order valence-electron chi connectivity index (χ4n) is 2.39. The standard InChI is InChI=1S/C13H14FNO/c14-11-8-13-9(4-6-16-13)7-10(11)12-3-1-2-5-15-12/h4,6-8,12,15H,1-3,5H2. The minimum absolute atomic E-state index is 0.160. The Labute approximate surface area is 93.4 Å². The normalized spacial score (nSPS) is 21.4. The molecule has 0 radical (unpaired) electrons. The highest BCUT2D eigenvalue weighted by atomic mass is 19.1. The fourth-order valence-corrected chi connectivity index (χ4v) is 2.39. The van der Waals surface area contributed by atoms with Crippen LogP contribution in [-0.2, 0) is 0 Å². The highest BCUT2D eigenvalue weighted by Gasteiger charge is 2.19. The van der Waals surface area contributed by atoms with Gasteiger partial charge in [0, 0.05) is 23.1 Å². The van der Waals surface area contributed by atoms with Gasteiger partial charge in [-0.2, -0.15) is 0 Å². The molecule has 0 aliphatic carbocycles. The zero-order valence-electron chi connectivity index (χ0n) is 9.00. The molecule has 1 aromatic carbocycles. The SMILES string of the molecule is Fc1cc2occc2cc1C1CCCCN1. The van der Waals surface area contributed by atoms with Crippen LogP contribution in [0, 0.1) is 5.82 Å². The maximum Gasteiger partial charge on any atom is 0.136 e. The molecule has 1 aliphatic rings. The van der Waals surface area contributed by atoms with E-state index in [1.165, 1.54) is 18.9 Å². The maximum absolute atomic E-state index is 13.9. The third-order valence-corrected chi connectivity index (χ3v) is 3.26. The molecule has 1 fully saturated rings. The van der Waals surface area contributed by atoms with Gasteiger partial charge in [-0.05, 0) is 31.5 Å². The van der Waals surface area contributed by atoms with Crippen LogP contribution in [0.3, 0.4) is 0 Å². The van der Waals surface area contributed by atoms with Crippen LogP contribution in [-0.4, -0.2) is 6.54 Å². The average molecular weight is 219 g/mol. The van der Waals surface area contributed by atoms with Crippen molar-refractivity contribution in [2.45, 2.75) is 25.3 Å². The van der Waals surface area contributed by atoms with Crippen LogP contribution in [0.2, 0.25) is 0 Å². The lowest BCUT2D eigenvalue weighted by Crippen LogP contribution is -2.27. The van der Waals surface area contributed by atoms with Gasteiger partial charge in [0.15, 0.2) is 0 Å². The Kier molecular flexibility index (Phi) is 2.40. The molecule has 1 N–H and O–H groups in total. The molecule has 1 atom stereocenters. The summed E-state index contributed by atoms with van der Waals surface area (Å²) in [6.45, 7) is 0.980. The molecule has 0 amide bonds. The third kappa shape index (κ3) is 1.61. The van der Waals surface area contributed by atoms with Crippen molar-refractivity contribution in [1.29, 1.82) is 0 Å². The molecule has 3 heteroatoms. The Morgan fingerprint density at radius 2 is 2.25 bits per heavy atom. The molecule has 0 saturated carbocycles. The molecule has 0 spiro atoms. The summed E-state index contributed by atoms with van der Waals surface area (Å²) in [5, 5.41) is 4.34. The van der Waals surface area contributed by atoms with E-state index in [1.54, 1.807) is 6.26 Å². The van der Waals surface area contributed by atoms with E-state index in [-0.39, 0.29) is 11.9 Å². The number of nitrogens with one attached hydrogen (secondary N) is 1. The lowest BCUT2D eigenvalue weighted by molar-refractivity contribution is 0.400. The molecule has 1 aromatic heterocycles. The Bertz CT molecular complexity index is 500. The number of hydrogen-bond donors (Lipinski definition) is 1. The molecule has 3 rings (SSSR count). The molecular weight excluding hydrogens is 205 g/mol. The van der Waals surface area contributed by atoms with Gasteiger partial charge in [-0.15, -0.1) is 0 Å². The monoisotopic (exact) mass is 219 g/mol. The van der Waals surface area contributed by atoms with Crippen molar-refractivity contribution in [2.24, 2.45) is 0 Å². The molecular formula is C13H14FNO. The second-order valence-corrected chi connectivity index (χ2v) is 4.33. The van der Waals surface area contributed by atoms with E-state index in [1.807, 2.05) is 12.1 Å². The summed E-state index contributed by atoms with van der Waals surface area (Å²) in [6, 6.07) is 5.42. The largest absolute Gasteiger partial charge is 0.464 e. The summed E-state index contributed by atoms with van der Waals surface area (Å²) < 4.78 is 19.1. The number of piperidine rings is 1. The minimum Gasteiger partial charge on any atom is -0.464 e. The van der Waals surface area contributed by atoms with Crippen molar-refractivity contribution in [3.05, 3.63) is 35.8 Å². The lowest BCUT2D eigenvalue weighted by Gasteiger charge is -2.24. The number of fused-ring (bicyclic) bond motifs is 1. The first kappa shape index (κ1) is 9.85. The van der Waals surface area contributed by atoms with Gasteiger partial charge in [-0.1, -0.05) is 6.42 Å². The van der Waals surface area contributed by atoms with Crippen molar-refractivity contribution in [2.75, 3.05) is 6.54 Å². The first-order chi connectivity index (χ1) is 7.84. The molecule has 1 saturated heterocycles. The van der Waals surface area contributed by atoms with E-state index in [0.29, 0.717) is 5.58 Å². The molecule has 2 aromatic rings. The maximum atomic E-state index is 13.9. The second kappa shape index (κ2) is 3.91. The Morgan fingerprint density at radius 1 is 1.31 bits per heavy atom. The summed E-state index contributed by atoms with van der Waals surface area (Å²) in [5.74, 6) is -0.165. The van der Waals surface area contributed by atoms with Gasteiger partial charge in [-0.3, -0.25) is 0 Å². The van der Waals surface area contributed by atoms with Crippen LogP contribution in [0.5, 0.6) is 0 Å². The van der Waals surface area contributed by atoms with E-state index in [2.05, 4.69) is 5.32 Å². The van der Waals surface area contributed by atoms with E-state index in [0.717, 1.165) is 23.9 Å². The lowest BCUT2D eigenvalue weighted by atomic mass is 9.96. The van der Waals surface area contributed by atoms with Crippen LogP contribution >= 0.6 is 0 Å². The van der Waals surface area contributed by atoms with E-state index >= 15 is 0 Å². The van der Waals surface area contributed by atoms with Crippen LogP contribution in [0.15, 0.2) is 28.9 Å². The zero-order chi connectivity index (χ0) is 11.0. The summed E-state index contributed by atoms with van der Waals surface area (Å²) in [5.41, 5.74) is 1.39. The summed E-state index contributed by atoms with van der Waals surface area (Å²) in [6.07, 6.45) is 4.97. The van der Waals surface area contributed by atoms with Gasteiger partial charge in [-0.25, -0.2) is 4.39 Å². The summed E-state index contributed by atoms with van der Waals surface area (Å²) in [7, 11) is 0. The van der Waals surface area contributed by atoms with Gasteiger partial charge in [0.25, 0.3) is 0 Å². The van der Waals surface area contributed by atoms with Crippen molar-refractivity contribution >= 4 is 11.0 Å². The van der Waals surface area contributed by atoms with Crippen LogP contribution in [0.25, 0.3) is 11.0 Å². The van der Waals surface area contributed by atoms with Crippen LogP contribution in [0.4, 0.5) is 4.39 Å². The smallest absolute Gasteiger partial charge is 0.136 e. The second-order valence-electron chi connectivity index (χ2n) is 4.33. The number of rotatable bonds is 1. The first-order valence-corrected chi connectivity index (χ1v) is 5.74. The molecule has 0 bridgehead atoms. The third-order valence-electron chi connectivity index (χ3n) is 3.26. The topological polar surface area (TPSA) is 25.2 Å². The van der Waals surface area contributed by atoms with Crippen molar-refractivity contribution in [1.82, 2.24) is 5.32 Å². The van der Waals surface area contributed by atoms with Gasteiger partial charge in [0.1, 0.15) is 11.4 Å². The van der Waals surface area contributed by atoms with Gasteiger partial charge in [0.05, 0.1) is 6.26 Å². The molecule has 84 valence electrons. The Hall–Kier alpha value is -1.35. The molecule has 1 aliphatic heterocycles. The van der Waals surface area contributed by atoms with Crippen LogP contribution in [0.1, 0.15) is 30.9 Å². The van der Waals surface area contributed by atoms with Crippen molar-refractivity contribution in [3.63, 3.8) is 0 Å². The average Bonchev–Trinajstić information content (AvgIpc) is 2.76. The van der Waals surface area contributed by atoms with E-state index in [4.69, 9.17) is 4.42 Å². The fraction of sp³-hybridized carbons (Fsp3) is 0.385. The number of halogens is 1. The Balaban J connectivity index is 2.03. The number of furan rings is 1. The molecule has 16 heavy (non-hydrogen) atoms. The van der Waals surface area contributed by atoms with Gasteiger partial charge >= 0.3 is 0 Å². The van der Waals surface area contributed by atoms with E-state index < -0.39 is 0 Å². The Morgan fingerprint density at radius 3 is 3.06 bits per heavy atom. The minimum atomic E-state index is -0.165. The van der Waals surface area contributed by atoms with Gasteiger partial charge < -0.3 is 9.73 Å². The van der Waals surface area contributed by atoms with E-state index in [9.17, 15) is 4.39 Å². The quantitative estimate of drug-likeness (QED) is 0.795. The number of hydrogen-bond acceptors (Lipinski definition) is 2. The van der Waals surface area contributed by atoms with Gasteiger partial charge in [0.2, 0.25) is 0 Å². The van der Waals surface area contributed by atoms with Crippen LogP contribution < -0.4 is 5.32 Å². The van der Waals surface area contributed by atoms with Crippen molar-refractivity contribution < 1.29 is 8.81 Å². The summed E-state index contributed by atoms with van der Waals surface area (Å²) >= 11 is 0.